The van der Waals surface area contributed by atoms with E-state index in [0.29, 0.717) is 4.88 Å². The van der Waals surface area contributed by atoms with Gasteiger partial charge in [0.05, 0.1) is 15.1 Å². The standard InChI is InChI=1S/C15H14N2OS2/c1-9-7-10(2)13-11(8-9)17(3)15(20-13)16-14(18)12-5-4-6-19-12/h4-8H,1-3H3. The summed E-state index contributed by atoms with van der Waals surface area (Å²) in [6, 6.07) is 7.96. The molecule has 3 aromatic rings. The molecule has 5 heteroatoms. The van der Waals surface area contributed by atoms with Crippen LogP contribution in [0.3, 0.4) is 0 Å². The third-order valence-electron chi connectivity index (χ3n) is 3.17. The molecule has 20 heavy (non-hydrogen) atoms. The monoisotopic (exact) mass is 302 g/mol. The lowest BCUT2D eigenvalue weighted by Crippen LogP contribution is -2.12. The van der Waals surface area contributed by atoms with Gasteiger partial charge in [0.2, 0.25) is 0 Å². The van der Waals surface area contributed by atoms with Crippen LogP contribution in [0.25, 0.3) is 10.2 Å². The number of aryl methyl sites for hydroxylation is 3. The largest absolute Gasteiger partial charge is 0.319 e. The first kappa shape index (κ1) is 13.3. The highest BCUT2D eigenvalue weighted by molar-refractivity contribution is 7.16. The van der Waals surface area contributed by atoms with Crippen molar-refractivity contribution in [3.05, 3.63) is 50.5 Å². The van der Waals surface area contributed by atoms with Gasteiger partial charge in [-0.3, -0.25) is 4.79 Å². The highest BCUT2D eigenvalue weighted by Crippen LogP contribution is 2.22. The number of aromatic nitrogens is 1. The minimum absolute atomic E-state index is 0.170. The first-order chi connectivity index (χ1) is 9.56. The van der Waals surface area contributed by atoms with Gasteiger partial charge in [-0.1, -0.05) is 23.5 Å². The Hall–Kier alpha value is -1.72. The molecule has 0 N–H and O–H groups in total. The van der Waals surface area contributed by atoms with Crippen LogP contribution in [-0.4, -0.2) is 10.5 Å². The smallest absolute Gasteiger partial charge is 0.289 e. The summed E-state index contributed by atoms with van der Waals surface area (Å²) in [5, 5.41) is 1.89. The number of carbonyl (C=O) groups is 1. The molecule has 1 aromatic carbocycles. The number of amides is 1. The number of thiophene rings is 1. The van der Waals surface area contributed by atoms with E-state index in [0.717, 1.165) is 10.3 Å². The second kappa shape index (κ2) is 5.00. The zero-order valence-electron chi connectivity index (χ0n) is 11.5. The molecule has 0 unspecified atom stereocenters. The molecule has 0 fully saturated rings. The predicted molar refractivity (Wildman–Crippen MR) is 84.5 cm³/mol. The van der Waals surface area contributed by atoms with E-state index < -0.39 is 0 Å². The molecule has 2 aromatic heterocycles. The Morgan fingerprint density at radius 2 is 2.10 bits per heavy atom. The molecule has 1 amide bonds. The Bertz CT molecular complexity index is 854. The highest BCUT2D eigenvalue weighted by Gasteiger charge is 2.09. The highest BCUT2D eigenvalue weighted by atomic mass is 32.1. The van der Waals surface area contributed by atoms with Crippen molar-refractivity contribution >= 4 is 38.8 Å². The van der Waals surface area contributed by atoms with Crippen LogP contribution in [0.2, 0.25) is 0 Å². The van der Waals surface area contributed by atoms with E-state index in [-0.39, 0.29) is 5.91 Å². The van der Waals surface area contributed by atoms with Gasteiger partial charge in [-0.05, 0) is 42.5 Å². The molecular weight excluding hydrogens is 288 g/mol. The topological polar surface area (TPSA) is 34.4 Å². The van der Waals surface area contributed by atoms with E-state index in [4.69, 9.17) is 0 Å². The van der Waals surface area contributed by atoms with Crippen LogP contribution in [-0.2, 0) is 7.05 Å². The molecule has 0 aliphatic heterocycles. The van der Waals surface area contributed by atoms with E-state index in [9.17, 15) is 4.79 Å². The number of carbonyl (C=O) groups excluding carboxylic acids is 1. The summed E-state index contributed by atoms with van der Waals surface area (Å²) in [6.45, 7) is 4.18. The van der Waals surface area contributed by atoms with Gasteiger partial charge in [-0.25, -0.2) is 0 Å². The van der Waals surface area contributed by atoms with Gasteiger partial charge < -0.3 is 4.57 Å². The van der Waals surface area contributed by atoms with E-state index in [2.05, 4.69) is 31.0 Å². The Balaban J connectivity index is 2.20. The molecule has 0 spiro atoms. The number of fused-ring (bicyclic) bond motifs is 1. The zero-order valence-corrected chi connectivity index (χ0v) is 13.1. The molecule has 3 rings (SSSR count). The Labute approximate surface area is 124 Å². The minimum atomic E-state index is -0.170. The van der Waals surface area contributed by atoms with Crippen molar-refractivity contribution in [1.29, 1.82) is 0 Å². The van der Waals surface area contributed by atoms with Crippen molar-refractivity contribution < 1.29 is 4.79 Å². The molecule has 3 nitrogen and oxygen atoms in total. The minimum Gasteiger partial charge on any atom is -0.319 e. The van der Waals surface area contributed by atoms with E-state index in [1.807, 2.05) is 23.1 Å². The van der Waals surface area contributed by atoms with Gasteiger partial charge in [-0.2, -0.15) is 4.99 Å². The molecule has 102 valence electrons. The number of nitrogens with zero attached hydrogens (tertiary/aromatic N) is 2. The third kappa shape index (κ3) is 2.23. The van der Waals surface area contributed by atoms with Gasteiger partial charge in [-0.15, -0.1) is 11.3 Å². The fourth-order valence-corrected chi connectivity index (χ4v) is 3.89. The SMILES string of the molecule is Cc1cc(C)c2sc(=NC(=O)c3cccs3)n(C)c2c1. The van der Waals surface area contributed by atoms with Crippen LogP contribution in [0, 0.1) is 13.8 Å². The summed E-state index contributed by atoms with van der Waals surface area (Å²) >= 11 is 2.99. The Kier molecular flexibility index (Phi) is 3.31. The fourth-order valence-electron chi connectivity index (χ4n) is 2.22. The summed E-state index contributed by atoms with van der Waals surface area (Å²) in [4.78, 5) is 17.8. The molecule has 2 heterocycles. The number of benzene rings is 1. The average Bonchev–Trinajstić information content (AvgIpc) is 3.01. The summed E-state index contributed by atoms with van der Waals surface area (Å²) < 4.78 is 3.18. The third-order valence-corrected chi connectivity index (χ3v) is 5.31. The normalized spacial score (nSPS) is 12.2. The fraction of sp³-hybridized carbons (Fsp3) is 0.200. The quantitative estimate of drug-likeness (QED) is 0.675. The maximum Gasteiger partial charge on any atom is 0.289 e. The number of hydrogen-bond acceptors (Lipinski definition) is 3. The molecule has 0 bridgehead atoms. The molecular formula is C15H14N2OS2. The van der Waals surface area contributed by atoms with Crippen molar-refractivity contribution in [3.8, 4) is 0 Å². The second-order valence-corrected chi connectivity index (χ2v) is 6.69. The predicted octanol–water partition coefficient (Wildman–Crippen LogP) is 3.66. The Morgan fingerprint density at radius 1 is 1.30 bits per heavy atom. The second-order valence-electron chi connectivity index (χ2n) is 4.77. The van der Waals surface area contributed by atoms with Crippen LogP contribution in [0.15, 0.2) is 34.6 Å². The summed E-state index contributed by atoms with van der Waals surface area (Å²) in [7, 11) is 1.96. The lowest BCUT2D eigenvalue weighted by Gasteiger charge is -2.00. The van der Waals surface area contributed by atoms with E-state index in [1.165, 1.54) is 27.2 Å². The van der Waals surface area contributed by atoms with Crippen molar-refractivity contribution in [2.75, 3.05) is 0 Å². The summed E-state index contributed by atoms with van der Waals surface area (Å²) in [6.07, 6.45) is 0. The first-order valence-corrected chi connectivity index (χ1v) is 7.95. The number of hydrogen-bond donors (Lipinski definition) is 0. The molecule has 0 radical (unpaired) electrons. The molecule has 0 aliphatic rings. The van der Waals surface area contributed by atoms with Gasteiger partial charge in [0.1, 0.15) is 0 Å². The number of rotatable bonds is 1. The van der Waals surface area contributed by atoms with Gasteiger partial charge in [0, 0.05) is 7.05 Å². The molecule has 0 atom stereocenters. The molecule has 0 saturated carbocycles. The van der Waals surface area contributed by atoms with Crippen molar-refractivity contribution in [1.82, 2.24) is 4.57 Å². The Morgan fingerprint density at radius 3 is 2.80 bits per heavy atom. The van der Waals surface area contributed by atoms with Crippen LogP contribution < -0.4 is 4.80 Å². The van der Waals surface area contributed by atoms with Crippen LogP contribution in [0.5, 0.6) is 0 Å². The van der Waals surface area contributed by atoms with Gasteiger partial charge in [0.15, 0.2) is 4.80 Å². The van der Waals surface area contributed by atoms with E-state index in [1.54, 1.807) is 17.4 Å². The summed E-state index contributed by atoms with van der Waals surface area (Å²) in [5.41, 5.74) is 3.58. The lowest BCUT2D eigenvalue weighted by atomic mass is 10.1. The van der Waals surface area contributed by atoms with Crippen molar-refractivity contribution in [2.45, 2.75) is 13.8 Å². The van der Waals surface area contributed by atoms with Crippen molar-refractivity contribution in [3.63, 3.8) is 0 Å². The number of thiazole rings is 1. The summed E-state index contributed by atoms with van der Waals surface area (Å²) in [5.74, 6) is -0.170. The maximum atomic E-state index is 12.1. The average molecular weight is 302 g/mol. The van der Waals surface area contributed by atoms with Crippen LogP contribution in [0.4, 0.5) is 0 Å². The van der Waals surface area contributed by atoms with Crippen LogP contribution in [0.1, 0.15) is 20.8 Å². The van der Waals surface area contributed by atoms with Crippen molar-refractivity contribution in [2.24, 2.45) is 12.0 Å². The zero-order chi connectivity index (χ0) is 14.3. The van der Waals surface area contributed by atoms with Crippen LogP contribution >= 0.6 is 22.7 Å². The first-order valence-electron chi connectivity index (χ1n) is 6.25. The molecule has 0 aliphatic carbocycles. The molecule has 0 saturated heterocycles. The van der Waals surface area contributed by atoms with E-state index >= 15 is 0 Å². The lowest BCUT2D eigenvalue weighted by molar-refractivity contribution is 0.100. The van der Waals surface area contributed by atoms with Gasteiger partial charge in [0.25, 0.3) is 5.91 Å². The maximum absolute atomic E-state index is 12.1. The van der Waals surface area contributed by atoms with Gasteiger partial charge >= 0.3 is 0 Å².